The molecule has 24 heavy (non-hydrogen) atoms. The molecule has 126 valence electrons. The highest BCUT2D eigenvalue weighted by atomic mass is 19.4. The quantitative estimate of drug-likeness (QED) is 0.876. The smallest absolute Gasteiger partial charge is 0.451 e. The third-order valence-electron chi connectivity index (χ3n) is 3.52. The summed E-state index contributed by atoms with van der Waals surface area (Å²) in [6, 6.07) is 2.49. The molecule has 0 saturated heterocycles. The van der Waals surface area contributed by atoms with Crippen molar-refractivity contribution in [1.29, 1.82) is 0 Å². The third-order valence-corrected chi connectivity index (χ3v) is 3.52. The van der Waals surface area contributed by atoms with Crippen molar-refractivity contribution >= 4 is 11.9 Å². The third kappa shape index (κ3) is 2.79. The molecule has 0 unspecified atom stereocenters. The first-order chi connectivity index (χ1) is 11.3. The summed E-state index contributed by atoms with van der Waals surface area (Å²) < 4.78 is 39.3. The standard InChI is InChI=1S/C13H10F3N5O3/c14-13(15,16)12-19-18-9-6-20(3-4-21(9)12)10(22)7-1-2-8(11(23)24)17-5-7/h1-2,5H,3-4,6H2,(H,23,24). The van der Waals surface area contributed by atoms with Crippen LogP contribution in [-0.4, -0.2) is 48.2 Å². The minimum absolute atomic E-state index is 0.0389. The highest BCUT2D eigenvalue weighted by molar-refractivity contribution is 5.94. The Balaban J connectivity index is 1.79. The molecule has 0 atom stereocenters. The van der Waals surface area contributed by atoms with Crippen molar-refractivity contribution in [3.05, 3.63) is 41.2 Å². The molecule has 0 aliphatic carbocycles. The van der Waals surface area contributed by atoms with Crippen molar-refractivity contribution in [3.8, 4) is 0 Å². The van der Waals surface area contributed by atoms with Crippen LogP contribution in [0, 0.1) is 0 Å². The first-order valence-electron chi connectivity index (χ1n) is 6.75. The number of hydrogen-bond donors (Lipinski definition) is 1. The lowest BCUT2D eigenvalue weighted by atomic mass is 10.2. The predicted octanol–water partition coefficient (Wildman–Crippen LogP) is 1.05. The molecule has 0 fully saturated rings. The van der Waals surface area contributed by atoms with Crippen LogP contribution in [-0.2, 0) is 19.3 Å². The number of carboxylic acids is 1. The molecule has 1 amide bonds. The summed E-state index contributed by atoms with van der Waals surface area (Å²) in [5.41, 5.74) is -0.0660. The lowest BCUT2D eigenvalue weighted by Crippen LogP contribution is -2.39. The molecule has 3 rings (SSSR count). The number of carbonyl (C=O) groups excluding carboxylic acids is 1. The predicted molar refractivity (Wildman–Crippen MR) is 71.0 cm³/mol. The first kappa shape index (κ1) is 15.9. The Morgan fingerprint density at radius 3 is 2.50 bits per heavy atom. The van der Waals surface area contributed by atoms with Gasteiger partial charge in [-0.3, -0.25) is 4.79 Å². The molecule has 2 aromatic rings. The van der Waals surface area contributed by atoms with Crippen LogP contribution in [0.5, 0.6) is 0 Å². The van der Waals surface area contributed by atoms with E-state index in [1.807, 2.05) is 0 Å². The highest BCUT2D eigenvalue weighted by Gasteiger charge is 2.40. The fourth-order valence-electron chi connectivity index (χ4n) is 2.37. The number of halogens is 3. The topological polar surface area (TPSA) is 101 Å². The summed E-state index contributed by atoms with van der Waals surface area (Å²) >= 11 is 0. The molecular formula is C13H10F3N5O3. The van der Waals surface area contributed by atoms with Crippen LogP contribution in [0.1, 0.15) is 32.5 Å². The van der Waals surface area contributed by atoms with Gasteiger partial charge in [0.1, 0.15) is 5.69 Å². The van der Waals surface area contributed by atoms with Crippen LogP contribution in [0.3, 0.4) is 0 Å². The van der Waals surface area contributed by atoms with Gasteiger partial charge in [0.25, 0.3) is 5.91 Å². The summed E-state index contributed by atoms with van der Waals surface area (Å²) in [6.45, 7) is -0.153. The monoisotopic (exact) mass is 341 g/mol. The zero-order valence-electron chi connectivity index (χ0n) is 12.0. The molecule has 3 heterocycles. The number of aromatic nitrogens is 4. The molecule has 1 N–H and O–H groups in total. The minimum atomic E-state index is -4.60. The number of fused-ring (bicyclic) bond motifs is 1. The Bertz CT molecular complexity index is 800. The summed E-state index contributed by atoms with van der Waals surface area (Å²) in [5.74, 6) is -2.74. The summed E-state index contributed by atoms with van der Waals surface area (Å²) in [6.07, 6.45) is -3.49. The van der Waals surface area contributed by atoms with E-state index in [9.17, 15) is 22.8 Å². The van der Waals surface area contributed by atoms with Crippen LogP contribution in [0.4, 0.5) is 13.2 Å². The van der Waals surface area contributed by atoms with Crippen molar-refractivity contribution < 1.29 is 27.9 Å². The SMILES string of the molecule is O=C(O)c1ccc(C(=O)N2CCn3c(nnc3C(F)(F)F)C2)cn1. The number of amides is 1. The number of rotatable bonds is 2. The van der Waals surface area contributed by atoms with E-state index in [0.717, 1.165) is 10.8 Å². The maximum atomic E-state index is 12.8. The van der Waals surface area contributed by atoms with Gasteiger partial charge in [0.05, 0.1) is 12.1 Å². The number of pyridine rings is 1. The van der Waals surface area contributed by atoms with E-state index in [2.05, 4.69) is 15.2 Å². The van der Waals surface area contributed by atoms with Gasteiger partial charge < -0.3 is 14.6 Å². The summed E-state index contributed by atoms with van der Waals surface area (Å²) in [5, 5.41) is 15.4. The average molecular weight is 341 g/mol. The van der Waals surface area contributed by atoms with Crippen molar-refractivity contribution in [2.75, 3.05) is 6.54 Å². The Labute approximate surface area is 132 Å². The van der Waals surface area contributed by atoms with Crippen molar-refractivity contribution in [2.45, 2.75) is 19.3 Å². The molecule has 0 spiro atoms. The van der Waals surface area contributed by atoms with Crippen molar-refractivity contribution in [1.82, 2.24) is 24.6 Å². The molecule has 1 aliphatic rings. The minimum Gasteiger partial charge on any atom is -0.477 e. The largest absolute Gasteiger partial charge is 0.477 e. The van der Waals surface area contributed by atoms with E-state index >= 15 is 0 Å². The van der Waals surface area contributed by atoms with Crippen LogP contribution in [0.15, 0.2) is 18.3 Å². The number of carboxylic acid groups (broad SMARTS) is 1. The maximum Gasteiger partial charge on any atom is 0.451 e. The van der Waals surface area contributed by atoms with Gasteiger partial charge in [-0.1, -0.05) is 0 Å². The molecule has 8 nitrogen and oxygen atoms in total. The molecule has 0 bridgehead atoms. The van der Waals surface area contributed by atoms with Gasteiger partial charge in [-0.05, 0) is 12.1 Å². The van der Waals surface area contributed by atoms with Crippen molar-refractivity contribution in [2.24, 2.45) is 0 Å². The normalized spacial score (nSPS) is 14.4. The number of alkyl halides is 3. The zero-order valence-corrected chi connectivity index (χ0v) is 12.0. The fraction of sp³-hybridized carbons (Fsp3) is 0.308. The van der Waals surface area contributed by atoms with Crippen molar-refractivity contribution in [3.63, 3.8) is 0 Å². The van der Waals surface area contributed by atoms with Crippen LogP contribution in [0.25, 0.3) is 0 Å². The summed E-state index contributed by atoms with van der Waals surface area (Å²) in [7, 11) is 0. The van der Waals surface area contributed by atoms with Gasteiger partial charge in [0.2, 0.25) is 5.82 Å². The lowest BCUT2D eigenvalue weighted by Gasteiger charge is -2.28. The second-order valence-electron chi connectivity index (χ2n) is 5.05. The maximum absolute atomic E-state index is 12.8. The molecule has 2 aromatic heterocycles. The number of nitrogens with zero attached hydrogens (tertiary/aromatic N) is 5. The van der Waals surface area contributed by atoms with E-state index in [1.54, 1.807) is 0 Å². The summed E-state index contributed by atoms with van der Waals surface area (Å²) in [4.78, 5) is 28.0. The van der Waals surface area contributed by atoms with Gasteiger partial charge in [0.15, 0.2) is 5.82 Å². The van der Waals surface area contributed by atoms with Crippen LogP contribution < -0.4 is 0 Å². The van der Waals surface area contributed by atoms with Gasteiger partial charge >= 0.3 is 12.1 Å². The van der Waals surface area contributed by atoms with Gasteiger partial charge in [-0.15, -0.1) is 10.2 Å². The van der Waals surface area contributed by atoms with Gasteiger partial charge in [-0.2, -0.15) is 13.2 Å². The Kier molecular flexibility index (Phi) is 3.70. The Hall–Kier alpha value is -2.98. The Morgan fingerprint density at radius 2 is 1.92 bits per heavy atom. The average Bonchev–Trinajstić information content (AvgIpc) is 2.97. The van der Waals surface area contributed by atoms with E-state index < -0.39 is 23.9 Å². The molecule has 11 heteroatoms. The Morgan fingerprint density at radius 1 is 1.17 bits per heavy atom. The molecule has 0 aromatic carbocycles. The van der Waals surface area contributed by atoms with Gasteiger partial charge in [-0.25, -0.2) is 9.78 Å². The van der Waals surface area contributed by atoms with Gasteiger partial charge in [0, 0.05) is 19.3 Å². The molecule has 0 saturated carbocycles. The van der Waals surface area contributed by atoms with E-state index in [4.69, 9.17) is 5.11 Å². The van der Waals surface area contributed by atoms with Crippen LogP contribution >= 0.6 is 0 Å². The number of hydrogen-bond acceptors (Lipinski definition) is 5. The number of aromatic carboxylic acids is 1. The van der Waals surface area contributed by atoms with E-state index in [1.165, 1.54) is 17.0 Å². The van der Waals surface area contributed by atoms with Crippen LogP contribution in [0.2, 0.25) is 0 Å². The molecular weight excluding hydrogens is 331 g/mol. The fourth-order valence-corrected chi connectivity index (χ4v) is 2.37. The van der Waals surface area contributed by atoms with E-state index in [0.29, 0.717) is 0 Å². The molecule has 0 radical (unpaired) electrons. The first-order valence-corrected chi connectivity index (χ1v) is 6.75. The zero-order chi connectivity index (χ0) is 17.5. The molecule has 1 aliphatic heterocycles. The number of carbonyl (C=O) groups is 2. The lowest BCUT2D eigenvalue weighted by molar-refractivity contribution is -0.147. The van der Waals surface area contributed by atoms with E-state index in [-0.39, 0.29) is 36.7 Å². The second kappa shape index (κ2) is 5.58. The highest BCUT2D eigenvalue weighted by Crippen LogP contribution is 2.29. The second-order valence-corrected chi connectivity index (χ2v) is 5.05.